The number of carbonyl (C=O) groups is 2. The zero-order chi connectivity index (χ0) is 11.4. The van der Waals surface area contributed by atoms with Gasteiger partial charge in [0.1, 0.15) is 0 Å². The first-order chi connectivity index (χ1) is 7.66. The summed E-state index contributed by atoms with van der Waals surface area (Å²) in [5.41, 5.74) is 2.08. The second-order valence-corrected chi connectivity index (χ2v) is 4.95. The molecular formula is C13H15NO2. The van der Waals surface area contributed by atoms with E-state index in [1.54, 1.807) is 6.08 Å². The minimum Gasteiger partial charge on any atom is -0.274 e. The third-order valence-electron chi connectivity index (χ3n) is 4.34. The fourth-order valence-electron chi connectivity index (χ4n) is 3.60. The topological polar surface area (TPSA) is 37.4 Å². The average molecular weight is 217 g/mol. The number of fused-ring (bicyclic) bond motifs is 4. The Bertz CT molecular complexity index is 435. The number of nitrogens with zero attached hydrogens (tertiary/aromatic N) is 1. The number of amides is 2. The molecule has 3 unspecified atom stereocenters. The molecule has 2 fully saturated rings. The van der Waals surface area contributed by atoms with Crippen LogP contribution in [-0.2, 0) is 9.59 Å². The van der Waals surface area contributed by atoms with Gasteiger partial charge in [0.15, 0.2) is 0 Å². The van der Waals surface area contributed by atoms with E-state index >= 15 is 0 Å². The lowest BCUT2D eigenvalue weighted by molar-refractivity contribution is -0.139. The second kappa shape index (κ2) is 3.06. The molecule has 0 N–H and O–H groups in total. The Kier molecular flexibility index (Phi) is 1.88. The Labute approximate surface area is 94.8 Å². The van der Waals surface area contributed by atoms with Crippen LogP contribution in [0.3, 0.4) is 0 Å². The molecule has 3 atom stereocenters. The van der Waals surface area contributed by atoms with Crippen LogP contribution in [0.4, 0.5) is 0 Å². The predicted octanol–water partition coefficient (Wildman–Crippen LogP) is 1.51. The van der Waals surface area contributed by atoms with Crippen molar-refractivity contribution in [3.8, 4) is 0 Å². The summed E-state index contributed by atoms with van der Waals surface area (Å²) in [5, 5.41) is 0. The smallest absolute Gasteiger partial charge is 0.257 e. The Hall–Kier alpha value is -1.38. The van der Waals surface area contributed by atoms with Gasteiger partial charge >= 0.3 is 0 Å². The summed E-state index contributed by atoms with van der Waals surface area (Å²) in [6.07, 6.45) is 3.71. The third kappa shape index (κ3) is 0.938. The summed E-state index contributed by atoms with van der Waals surface area (Å²) in [6.45, 7) is 6.10. The first-order valence-electron chi connectivity index (χ1n) is 5.86. The van der Waals surface area contributed by atoms with Gasteiger partial charge in [-0.1, -0.05) is 18.6 Å². The fourth-order valence-corrected chi connectivity index (χ4v) is 3.60. The van der Waals surface area contributed by atoms with Crippen molar-refractivity contribution in [2.45, 2.75) is 19.8 Å². The molecule has 1 saturated heterocycles. The molecule has 1 heterocycles. The zero-order valence-corrected chi connectivity index (χ0v) is 9.40. The molecule has 0 aromatic carbocycles. The van der Waals surface area contributed by atoms with Crippen LogP contribution in [0.15, 0.2) is 23.8 Å². The molecule has 3 heteroatoms. The van der Waals surface area contributed by atoms with Crippen LogP contribution in [0.25, 0.3) is 0 Å². The highest BCUT2D eigenvalue weighted by atomic mass is 16.2. The molecule has 2 aliphatic carbocycles. The summed E-state index contributed by atoms with van der Waals surface area (Å²) < 4.78 is 0. The summed E-state index contributed by atoms with van der Waals surface area (Å²) in [5.74, 6) is 0.659. The molecule has 2 amide bonds. The van der Waals surface area contributed by atoms with Crippen molar-refractivity contribution in [1.29, 1.82) is 0 Å². The zero-order valence-electron chi connectivity index (χ0n) is 9.40. The van der Waals surface area contributed by atoms with E-state index in [1.165, 1.54) is 10.5 Å². The van der Waals surface area contributed by atoms with Gasteiger partial charge in [0, 0.05) is 12.1 Å². The number of likely N-dealkylation sites (tertiary alicyclic amines) is 1. The molecule has 84 valence electrons. The molecule has 0 aromatic rings. The van der Waals surface area contributed by atoms with E-state index in [1.807, 2.05) is 0 Å². The quantitative estimate of drug-likeness (QED) is 0.519. The van der Waals surface area contributed by atoms with Crippen molar-refractivity contribution < 1.29 is 9.59 Å². The number of hydrogen-bond acceptors (Lipinski definition) is 2. The number of allylic oxidation sites excluding steroid dienone is 1. The Morgan fingerprint density at radius 3 is 2.88 bits per heavy atom. The number of carbonyl (C=O) groups excluding carboxylic acids is 2. The van der Waals surface area contributed by atoms with Crippen LogP contribution >= 0.6 is 0 Å². The van der Waals surface area contributed by atoms with E-state index in [-0.39, 0.29) is 17.7 Å². The summed E-state index contributed by atoms with van der Waals surface area (Å²) in [6, 6.07) is 0. The van der Waals surface area contributed by atoms with Crippen LogP contribution in [0.5, 0.6) is 0 Å². The van der Waals surface area contributed by atoms with Crippen LogP contribution < -0.4 is 0 Å². The van der Waals surface area contributed by atoms with E-state index in [9.17, 15) is 9.59 Å². The molecule has 0 radical (unpaired) electrons. The van der Waals surface area contributed by atoms with Crippen molar-refractivity contribution in [3.05, 3.63) is 23.8 Å². The number of imide groups is 1. The Morgan fingerprint density at radius 1 is 1.50 bits per heavy atom. The molecule has 16 heavy (non-hydrogen) atoms. The van der Waals surface area contributed by atoms with E-state index in [0.717, 1.165) is 18.4 Å². The van der Waals surface area contributed by atoms with Gasteiger partial charge in [0.2, 0.25) is 5.91 Å². The summed E-state index contributed by atoms with van der Waals surface area (Å²) in [4.78, 5) is 25.6. The maximum Gasteiger partial charge on any atom is 0.257 e. The highest BCUT2D eigenvalue weighted by Crippen LogP contribution is 2.55. The fraction of sp³-hybridized carbons (Fsp3) is 0.538. The minimum atomic E-state index is -0.119. The van der Waals surface area contributed by atoms with Gasteiger partial charge in [-0.05, 0) is 24.7 Å². The van der Waals surface area contributed by atoms with E-state index in [0.29, 0.717) is 18.4 Å². The molecule has 0 spiro atoms. The average Bonchev–Trinajstić information content (AvgIpc) is 2.84. The number of rotatable bonds is 2. The van der Waals surface area contributed by atoms with Gasteiger partial charge in [-0.15, -0.1) is 6.58 Å². The second-order valence-electron chi connectivity index (χ2n) is 4.95. The van der Waals surface area contributed by atoms with Gasteiger partial charge in [-0.3, -0.25) is 14.5 Å². The first kappa shape index (κ1) is 9.82. The van der Waals surface area contributed by atoms with Gasteiger partial charge in [0.25, 0.3) is 5.91 Å². The van der Waals surface area contributed by atoms with Crippen LogP contribution in [0.1, 0.15) is 19.8 Å². The highest BCUT2D eigenvalue weighted by molar-refractivity contribution is 6.16. The SMILES string of the molecule is C=CCN1C(=O)C2=C3CCC(C3C)C2C1=O. The molecule has 1 aliphatic heterocycles. The van der Waals surface area contributed by atoms with Gasteiger partial charge < -0.3 is 0 Å². The maximum absolute atomic E-state index is 12.1. The largest absolute Gasteiger partial charge is 0.274 e. The summed E-state index contributed by atoms with van der Waals surface area (Å²) in [7, 11) is 0. The van der Waals surface area contributed by atoms with Crippen LogP contribution in [-0.4, -0.2) is 23.3 Å². The molecular weight excluding hydrogens is 202 g/mol. The van der Waals surface area contributed by atoms with Crippen molar-refractivity contribution in [2.75, 3.05) is 6.54 Å². The van der Waals surface area contributed by atoms with Crippen molar-refractivity contribution in [3.63, 3.8) is 0 Å². The minimum absolute atomic E-state index is 0.00597. The van der Waals surface area contributed by atoms with Gasteiger partial charge in [0.05, 0.1) is 5.92 Å². The lowest BCUT2D eigenvalue weighted by Gasteiger charge is -2.17. The van der Waals surface area contributed by atoms with Gasteiger partial charge in [-0.2, -0.15) is 0 Å². The van der Waals surface area contributed by atoms with Crippen LogP contribution in [0.2, 0.25) is 0 Å². The van der Waals surface area contributed by atoms with Crippen molar-refractivity contribution in [2.24, 2.45) is 17.8 Å². The first-order valence-corrected chi connectivity index (χ1v) is 5.86. The molecule has 1 saturated carbocycles. The third-order valence-corrected chi connectivity index (χ3v) is 4.34. The van der Waals surface area contributed by atoms with E-state index < -0.39 is 0 Å². The monoisotopic (exact) mass is 217 g/mol. The summed E-state index contributed by atoms with van der Waals surface area (Å²) >= 11 is 0. The van der Waals surface area contributed by atoms with Crippen molar-refractivity contribution >= 4 is 11.8 Å². The molecule has 3 nitrogen and oxygen atoms in total. The molecule has 2 bridgehead atoms. The molecule has 3 rings (SSSR count). The molecule has 3 aliphatic rings. The van der Waals surface area contributed by atoms with Gasteiger partial charge in [-0.25, -0.2) is 0 Å². The molecule has 0 aromatic heterocycles. The lowest BCUT2D eigenvalue weighted by Crippen LogP contribution is -2.33. The standard InChI is InChI=1S/C13H15NO2/c1-3-6-14-12(15)10-8-4-5-9(7(8)2)11(10)13(14)16/h3,7-8,10H,1,4-6H2,2H3. The number of hydrogen-bond donors (Lipinski definition) is 0. The maximum atomic E-state index is 12.1. The Morgan fingerprint density at radius 2 is 2.25 bits per heavy atom. The van der Waals surface area contributed by atoms with Crippen LogP contribution in [0, 0.1) is 17.8 Å². The van der Waals surface area contributed by atoms with E-state index in [4.69, 9.17) is 0 Å². The normalized spacial score (nSPS) is 36.3. The Balaban J connectivity index is 2.06. The lowest BCUT2D eigenvalue weighted by atomic mass is 9.86. The predicted molar refractivity (Wildman–Crippen MR) is 59.3 cm³/mol. The van der Waals surface area contributed by atoms with E-state index in [2.05, 4.69) is 13.5 Å². The van der Waals surface area contributed by atoms with Crippen molar-refractivity contribution in [1.82, 2.24) is 4.90 Å². The highest BCUT2D eigenvalue weighted by Gasteiger charge is 2.56.